The first-order chi connectivity index (χ1) is 22.3. The highest BCUT2D eigenvalue weighted by Crippen LogP contribution is 2.52. The summed E-state index contributed by atoms with van der Waals surface area (Å²) in [4.78, 5) is 26.0. The molecule has 3 aliphatic rings. The van der Waals surface area contributed by atoms with Crippen molar-refractivity contribution in [3.05, 3.63) is 93.0 Å². The Labute approximate surface area is 290 Å². The minimum Gasteiger partial charge on any atom is -0.493 e. The normalized spacial score (nSPS) is 20.3. The molecule has 3 aromatic rings. The molecule has 7 nitrogen and oxygen atoms in total. The lowest BCUT2D eigenvalue weighted by atomic mass is 9.67. The van der Waals surface area contributed by atoms with Crippen LogP contribution in [0.3, 0.4) is 0 Å². The highest BCUT2D eigenvalue weighted by molar-refractivity contribution is 6.31. The van der Waals surface area contributed by atoms with Crippen LogP contribution < -0.4 is 20.7 Å². The Kier molecular flexibility index (Phi) is 14.2. The first kappa shape index (κ1) is 38.3. The van der Waals surface area contributed by atoms with Crippen molar-refractivity contribution in [3.8, 4) is 5.75 Å². The molecule has 0 aromatic heterocycles. The van der Waals surface area contributed by atoms with Crippen LogP contribution in [0, 0.1) is 19.8 Å². The third-order valence-electron chi connectivity index (χ3n) is 8.05. The lowest BCUT2D eigenvalue weighted by molar-refractivity contribution is -0.130. The summed E-state index contributed by atoms with van der Waals surface area (Å²) in [6.45, 7) is 15.9. The van der Waals surface area contributed by atoms with E-state index in [0.29, 0.717) is 36.1 Å². The van der Waals surface area contributed by atoms with Gasteiger partial charge in [0.1, 0.15) is 11.2 Å². The predicted molar refractivity (Wildman–Crippen MR) is 194 cm³/mol. The fourth-order valence-electron chi connectivity index (χ4n) is 5.94. The summed E-state index contributed by atoms with van der Waals surface area (Å²) < 4.78 is 6.33. The van der Waals surface area contributed by atoms with E-state index in [1.165, 1.54) is 5.56 Å². The molecule has 0 bridgehead atoms. The minimum atomic E-state index is -0.894. The van der Waals surface area contributed by atoms with E-state index in [0.717, 1.165) is 53.4 Å². The van der Waals surface area contributed by atoms with Crippen molar-refractivity contribution in [2.45, 2.75) is 91.2 Å². The van der Waals surface area contributed by atoms with Crippen LogP contribution in [-0.2, 0) is 15.0 Å². The van der Waals surface area contributed by atoms with E-state index in [4.69, 9.17) is 33.0 Å². The summed E-state index contributed by atoms with van der Waals surface area (Å²) in [6.07, 6.45) is 2.90. The fraction of sp³-hybridized carbons (Fsp3) is 0.474. The highest BCUT2D eigenvalue weighted by Gasteiger charge is 2.56. The number of benzene rings is 3. The largest absolute Gasteiger partial charge is 0.493 e. The van der Waals surface area contributed by atoms with Crippen molar-refractivity contribution in [2.24, 2.45) is 5.92 Å². The molecule has 256 valence electrons. The van der Waals surface area contributed by atoms with Gasteiger partial charge in [0.05, 0.1) is 18.2 Å². The Morgan fingerprint density at radius 1 is 0.915 bits per heavy atom. The van der Waals surface area contributed by atoms with E-state index in [1.54, 1.807) is 32.9 Å². The molecule has 0 unspecified atom stereocenters. The molecule has 4 N–H and O–H groups in total. The van der Waals surface area contributed by atoms with Crippen molar-refractivity contribution < 1.29 is 19.4 Å². The zero-order chi connectivity index (χ0) is 34.8. The van der Waals surface area contributed by atoms with E-state index in [2.05, 4.69) is 16.0 Å². The van der Waals surface area contributed by atoms with Gasteiger partial charge in [-0.2, -0.15) is 0 Å². The maximum absolute atomic E-state index is 13.5. The van der Waals surface area contributed by atoms with Gasteiger partial charge in [0.25, 0.3) is 0 Å². The number of aliphatic hydroxyl groups is 1. The van der Waals surface area contributed by atoms with Gasteiger partial charge in [-0.1, -0.05) is 72.9 Å². The summed E-state index contributed by atoms with van der Waals surface area (Å²) in [5.41, 5.74) is 3.31. The Hall–Kier alpha value is -3.10. The van der Waals surface area contributed by atoms with Crippen molar-refractivity contribution >= 4 is 40.7 Å². The summed E-state index contributed by atoms with van der Waals surface area (Å²) in [6, 6.07) is 18.8. The Morgan fingerprint density at radius 2 is 1.55 bits per heavy atom. The Morgan fingerprint density at radius 3 is 2.17 bits per heavy atom. The number of hydrogen-bond donors (Lipinski definition) is 4. The van der Waals surface area contributed by atoms with Gasteiger partial charge in [0.2, 0.25) is 11.8 Å². The number of carbonyl (C=O) groups excluding carboxylic acids is 2. The number of fused-ring (bicyclic) bond motifs is 2. The molecule has 3 heterocycles. The molecule has 6 rings (SSSR count). The van der Waals surface area contributed by atoms with Gasteiger partial charge in [-0.15, -0.1) is 0 Å². The number of halogens is 2. The molecule has 3 aliphatic heterocycles. The second kappa shape index (κ2) is 17.3. The van der Waals surface area contributed by atoms with Gasteiger partial charge in [-0.25, -0.2) is 0 Å². The number of aryl methyl sites for hydroxylation is 2. The molecule has 2 fully saturated rings. The van der Waals surface area contributed by atoms with Crippen molar-refractivity contribution in [3.63, 3.8) is 0 Å². The first-order valence-electron chi connectivity index (χ1n) is 16.6. The molecular formula is C38H51Cl2N3O4. The van der Waals surface area contributed by atoms with Crippen molar-refractivity contribution in [1.82, 2.24) is 10.6 Å². The average Bonchev–Trinajstić information content (AvgIpc) is 3.28. The monoisotopic (exact) mass is 683 g/mol. The smallest absolute Gasteiger partial charge is 0.237 e. The summed E-state index contributed by atoms with van der Waals surface area (Å²) in [5.74, 6) is 1.07. The topological polar surface area (TPSA) is 99.7 Å². The number of amides is 2. The zero-order valence-corrected chi connectivity index (χ0v) is 30.3. The number of nitrogens with one attached hydrogen (secondary N) is 3. The van der Waals surface area contributed by atoms with Gasteiger partial charge in [-0.3, -0.25) is 9.59 Å². The molecule has 3 aromatic carbocycles. The van der Waals surface area contributed by atoms with Gasteiger partial charge < -0.3 is 25.8 Å². The van der Waals surface area contributed by atoms with E-state index in [9.17, 15) is 9.59 Å². The second-order valence-corrected chi connectivity index (χ2v) is 14.0. The number of carbonyl (C=O) groups is 2. The molecule has 0 saturated carbocycles. The predicted octanol–water partition coefficient (Wildman–Crippen LogP) is 8.32. The van der Waals surface area contributed by atoms with E-state index in [1.807, 2.05) is 76.2 Å². The maximum atomic E-state index is 13.5. The van der Waals surface area contributed by atoms with Gasteiger partial charge in [0, 0.05) is 27.7 Å². The van der Waals surface area contributed by atoms with Crippen molar-refractivity contribution in [1.29, 1.82) is 0 Å². The lowest BCUT2D eigenvalue weighted by Crippen LogP contribution is -2.52. The first-order valence-corrected chi connectivity index (χ1v) is 17.3. The van der Waals surface area contributed by atoms with Crippen LogP contribution in [0.1, 0.15) is 88.6 Å². The molecule has 0 radical (unpaired) electrons. The molecule has 0 aliphatic carbocycles. The molecule has 2 amide bonds. The Balaban J connectivity index is 0.000000334. The minimum absolute atomic E-state index is 0.0540. The zero-order valence-electron chi connectivity index (χ0n) is 28.8. The average molecular weight is 685 g/mol. The Bertz CT molecular complexity index is 1480. The molecule has 1 spiro atoms. The van der Waals surface area contributed by atoms with Gasteiger partial charge in [-0.05, 0) is 114 Å². The van der Waals surface area contributed by atoms with E-state index < -0.39 is 17.1 Å². The number of hydrogen-bond acceptors (Lipinski definition) is 5. The van der Waals surface area contributed by atoms with Crippen molar-refractivity contribution in [2.75, 3.05) is 25.0 Å². The number of anilines is 1. The van der Waals surface area contributed by atoms with Crippen LogP contribution in [0.5, 0.6) is 5.75 Å². The maximum Gasteiger partial charge on any atom is 0.237 e. The standard InChI is InChI=1S/C25H28ClN3O3.C7H7Cl.C4H10O.C2H6/c1-15-2-5-21(32-14-16-7-10-27-11-8-16)18(12-15)23-25(9-6-22(30)29-23)19-4-3-17(26)13-20(19)28-24(25)31;1-6-3-2-4-7(8)5-6;1-4(2,3)5;1-2/h2-5,12-13,16,23,27H,6-11,14H2,1H3,(H,28,31)(H,29,30);2-5H,1H3;5H,1-3H3;1-2H3/t23-,25-;;;/m1.../s1. The van der Waals surface area contributed by atoms with Crippen LogP contribution in [0.2, 0.25) is 10.0 Å². The SMILES string of the molecule is CC.CC(C)(C)O.Cc1ccc(OCC2CCNCC2)c([C@H]2NC(=O)CC[C@]23C(=O)Nc2cc(Cl)ccc23)c1.Cc1cccc(Cl)c1. The van der Waals surface area contributed by atoms with Gasteiger partial charge in [0.15, 0.2) is 0 Å². The van der Waals surface area contributed by atoms with E-state index >= 15 is 0 Å². The summed E-state index contributed by atoms with van der Waals surface area (Å²) >= 11 is 11.8. The molecular weight excluding hydrogens is 633 g/mol. The van der Waals surface area contributed by atoms with Crippen LogP contribution >= 0.6 is 23.2 Å². The third kappa shape index (κ3) is 10.7. The lowest BCUT2D eigenvalue weighted by Gasteiger charge is -2.41. The van der Waals surface area contributed by atoms with Crippen LogP contribution in [-0.4, -0.2) is 42.2 Å². The van der Waals surface area contributed by atoms with Crippen LogP contribution in [0.4, 0.5) is 5.69 Å². The number of piperidine rings is 2. The highest BCUT2D eigenvalue weighted by atomic mass is 35.5. The summed E-state index contributed by atoms with van der Waals surface area (Å²) in [5, 5.41) is 19.4. The molecule has 2 atom stereocenters. The van der Waals surface area contributed by atoms with Gasteiger partial charge >= 0.3 is 0 Å². The van der Waals surface area contributed by atoms with E-state index in [-0.39, 0.29) is 11.8 Å². The van der Waals surface area contributed by atoms with Crippen LogP contribution in [0.25, 0.3) is 0 Å². The third-order valence-corrected chi connectivity index (χ3v) is 8.52. The molecule has 47 heavy (non-hydrogen) atoms. The quantitative estimate of drug-likeness (QED) is 0.222. The number of ether oxygens (including phenoxy) is 1. The number of rotatable bonds is 4. The van der Waals surface area contributed by atoms with Crippen LogP contribution in [0.15, 0.2) is 60.7 Å². The second-order valence-electron chi connectivity index (χ2n) is 13.1. The molecule has 2 saturated heterocycles. The molecule has 9 heteroatoms. The summed E-state index contributed by atoms with van der Waals surface area (Å²) in [7, 11) is 0. The fourth-order valence-corrected chi connectivity index (χ4v) is 6.36.